The Morgan fingerprint density at radius 2 is 1.96 bits per heavy atom. The lowest BCUT2D eigenvalue weighted by Gasteiger charge is -2.08. The summed E-state index contributed by atoms with van der Waals surface area (Å²) in [5.41, 5.74) is 0.692. The average Bonchev–Trinajstić information content (AvgIpc) is 2.94. The predicted molar refractivity (Wildman–Crippen MR) is 99.7 cm³/mol. The van der Waals surface area contributed by atoms with Crippen LogP contribution in [0, 0.1) is 4.77 Å². The van der Waals surface area contributed by atoms with E-state index in [2.05, 4.69) is 19.8 Å². The highest BCUT2D eigenvalue weighted by Crippen LogP contribution is 2.42. The summed E-state index contributed by atoms with van der Waals surface area (Å²) in [5, 5.41) is 2.99. The van der Waals surface area contributed by atoms with E-state index >= 15 is 0 Å². The summed E-state index contributed by atoms with van der Waals surface area (Å²) >= 11 is 5.16. The molecule has 0 bridgehead atoms. The van der Waals surface area contributed by atoms with Crippen LogP contribution in [0.1, 0.15) is 17.3 Å². The van der Waals surface area contributed by atoms with Crippen molar-refractivity contribution in [1.82, 2.24) is 9.55 Å². The van der Waals surface area contributed by atoms with Gasteiger partial charge in [-0.15, -0.1) is 8.78 Å². The van der Waals surface area contributed by atoms with E-state index < -0.39 is 12.2 Å². The van der Waals surface area contributed by atoms with Crippen LogP contribution in [-0.2, 0) is 6.54 Å². The molecule has 0 saturated carbocycles. The lowest BCUT2D eigenvalue weighted by molar-refractivity contribution is -0.286. The smallest absolute Gasteiger partial charge is 0.395 e. The van der Waals surface area contributed by atoms with Crippen molar-refractivity contribution in [2.24, 2.45) is 0 Å². The number of halogens is 2. The molecule has 2 aromatic carbocycles. The number of nitrogens with one attached hydrogen (secondary N) is 2. The maximum Gasteiger partial charge on any atom is 0.586 e. The number of anilines is 1. The highest BCUT2D eigenvalue weighted by atomic mass is 32.1. The third-order valence-corrected chi connectivity index (χ3v) is 4.54. The number of hydrogen-bond donors (Lipinski definition) is 2. The van der Waals surface area contributed by atoms with E-state index in [9.17, 15) is 18.4 Å². The Balaban J connectivity index is 1.63. The molecule has 0 atom stereocenters. The third-order valence-electron chi connectivity index (χ3n) is 4.22. The van der Waals surface area contributed by atoms with Crippen molar-refractivity contribution >= 4 is 34.7 Å². The van der Waals surface area contributed by atoms with Gasteiger partial charge in [-0.25, -0.2) is 0 Å². The van der Waals surface area contributed by atoms with E-state index in [1.165, 1.54) is 41.0 Å². The standard InChI is InChI=1S/C18H13F2N3O4S/c1-2-23-16(25)11-5-3-9(7-12(11)22-17(23)28)15(24)21-10-4-6-13-14(8-10)27-18(19,20)26-13/h3-8H,2H2,1H3,(H,21,24)(H,22,28). The van der Waals surface area contributed by atoms with Crippen molar-refractivity contribution in [3.8, 4) is 11.5 Å². The van der Waals surface area contributed by atoms with E-state index in [0.717, 1.165) is 0 Å². The second kappa shape index (κ2) is 6.41. The van der Waals surface area contributed by atoms with E-state index in [4.69, 9.17) is 12.2 Å². The normalized spacial score (nSPS) is 14.2. The van der Waals surface area contributed by atoms with Crippen LogP contribution in [0.3, 0.4) is 0 Å². The second-order valence-corrected chi connectivity index (χ2v) is 6.41. The Morgan fingerprint density at radius 3 is 2.71 bits per heavy atom. The zero-order chi connectivity index (χ0) is 20.1. The molecular weight excluding hydrogens is 392 g/mol. The molecule has 2 N–H and O–H groups in total. The quantitative estimate of drug-likeness (QED) is 0.650. The van der Waals surface area contributed by atoms with Crippen LogP contribution in [0.25, 0.3) is 10.9 Å². The number of ether oxygens (including phenoxy) is 2. The summed E-state index contributed by atoms with van der Waals surface area (Å²) in [6.07, 6.45) is -3.73. The van der Waals surface area contributed by atoms with Crippen LogP contribution in [-0.4, -0.2) is 21.8 Å². The molecule has 1 aromatic heterocycles. The van der Waals surface area contributed by atoms with Gasteiger partial charge in [-0.05, 0) is 49.5 Å². The minimum absolute atomic E-state index is 0.117. The SMILES string of the molecule is CCn1c(=S)[nH]c2cc(C(=O)Nc3ccc4c(c3)OC(F)(F)O4)ccc2c1=O. The number of fused-ring (bicyclic) bond motifs is 2. The van der Waals surface area contributed by atoms with Gasteiger partial charge >= 0.3 is 6.29 Å². The van der Waals surface area contributed by atoms with E-state index in [-0.39, 0.29) is 33.1 Å². The maximum atomic E-state index is 13.1. The van der Waals surface area contributed by atoms with Crippen LogP contribution in [0.5, 0.6) is 11.5 Å². The number of alkyl halides is 2. The van der Waals surface area contributed by atoms with Gasteiger partial charge in [0.25, 0.3) is 11.5 Å². The Bertz CT molecular complexity index is 1240. The molecule has 144 valence electrons. The van der Waals surface area contributed by atoms with Gasteiger partial charge in [0, 0.05) is 23.9 Å². The number of amides is 1. The van der Waals surface area contributed by atoms with Gasteiger partial charge in [-0.2, -0.15) is 0 Å². The van der Waals surface area contributed by atoms with Gasteiger partial charge in [0.05, 0.1) is 10.9 Å². The van der Waals surface area contributed by atoms with Crippen molar-refractivity contribution in [2.45, 2.75) is 19.8 Å². The number of carbonyl (C=O) groups is 1. The second-order valence-electron chi connectivity index (χ2n) is 6.02. The molecular formula is C18H13F2N3O4S. The van der Waals surface area contributed by atoms with E-state index in [1.54, 1.807) is 6.92 Å². The lowest BCUT2D eigenvalue weighted by Crippen LogP contribution is -2.25. The molecule has 3 aromatic rings. The molecule has 0 fully saturated rings. The summed E-state index contributed by atoms with van der Waals surface area (Å²) in [4.78, 5) is 27.9. The first-order chi connectivity index (χ1) is 13.3. The molecule has 2 heterocycles. The molecule has 0 saturated heterocycles. The molecule has 28 heavy (non-hydrogen) atoms. The molecule has 7 nitrogen and oxygen atoms in total. The van der Waals surface area contributed by atoms with Crippen molar-refractivity contribution < 1.29 is 23.0 Å². The summed E-state index contributed by atoms with van der Waals surface area (Å²) in [6.45, 7) is 2.23. The Morgan fingerprint density at radius 1 is 1.21 bits per heavy atom. The fraction of sp³-hybridized carbons (Fsp3) is 0.167. The Labute approximate surface area is 161 Å². The fourth-order valence-corrected chi connectivity index (χ4v) is 3.23. The lowest BCUT2D eigenvalue weighted by atomic mass is 10.1. The highest BCUT2D eigenvalue weighted by Gasteiger charge is 2.43. The van der Waals surface area contributed by atoms with Crippen LogP contribution < -0.4 is 20.3 Å². The maximum absolute atomic E-state index is 13.1. The number of carbonyl (C=O) groups excluding carboxylic acids is 1. The monoisotopic (exact) mass is 405 g/mol. The zero-order valence-corrected chi connectivity index (χ0v) is 15.2. The average molecular weight is 405 g/mol. The van der Waals surface area contributed by atoms with Crippen LogP contribution >= 0.6 is 12.2 Å². The highest BCUT2D eigenvalue weighted by molar-refractivity contribution is 7.71. The van der Waals surface area contributed by atoms with Gasteiger partial charge < -0.3 is 19.8 Å². The van der Waals surface area contributed by atoms with Crippen LogP contribution in [0.2, 0.25) is 0 Å². The first-order valence-corrected chi connectivity index (χ1v) is 8.66. The molecule has 1 aliphatic heterocycles. The summed E-state index contributed by atoms with van der Waals surface area (Å²) in [5.74, 6) is -0.787. The van der Waals surface area contributed by atoms with Crippen LogP contribution in [0.15, 0.2) is 41.2 Å². The Kier molecular flexibility index (Phi) is 4.15. The minimum atomic E-state index is -3.73. The largest absolute Gasteiger partial charge is 0.586 e. The van der Waals surface area contributed by atoms with Gasteiger partial charge in [0.2, 0.25) is 0 Å². The number of benzene rings is 2. The number of nitrogens with zero attached hydrogens (tertiary/aromatic N) is 1. The summed E-state index contributed by atoms with van der Waals surface area (Å²) < 4.78 is 36.5. The predicted octanol–water partition coefficient (Wildman–Crippen LogP) is 3.65. The number of H-pyrrole nitrogens is 1. The van der Waals surface area contributed by atoms with Gasteiger partial charge in [0.15, 0.2) is 16.3 Å². The molecule has 10 heteroatoms. The number of hydrogen-bond acceptors (Lipinski definition) is 5. The molecule has 1 aliphatic rings. The zero-order valence-electron chi connectivity index (χ0n) is 14.4. The van der Waals surface area contributed by atoms with E-state index in [0.29, 0.717) is 17.4 Å². The Hall–Kier alpha value is -3.27. The third kappa shape index (κ3) is 3.11. The number of aromatic amines is 1. The molecule has 0 aliphatic carbocycles. The van der Waals surface area contributed by atoms with Gasteiger partial charge in [-0.1, -0.05) is 0 Å². The first-order valence-electron chi connectivity index (χ1n) is 8.25. The number of aromatic nitrogens is 2. The van der Waals surface area contributed by atoms with Gasteiger partial charge in [-0.3, -0.25) is 14.2 Å². The minimum Gasteiger partial charge on any atom is -0.395 e. The topological polar surface area (TPSA) is 85.3 Å². The summed E-state index contributed by atoms with van der Waals surface area (Å²) in [7, 11) is 0. The van der Waals surface area contributed by atoms with Crippen LogP contribution in [0.4, 0.5) is 14.5 Å². The molecule has 1 amide bonds. The molecule has 0 spiro atoms. The van der Waals surface area contributed by atoms with E-state index in [1.807, 2.05) is 0 Å². The first kappa shape index (κ1) is 18.1. The summed E-state index contributed by atoms with van der Waals surface area (Å²) in [6, 6.07) is 8.46. The fourth-order valence-electron chi connectivity index (χ4n) is 2.91. The molecule has 0 radical (unpaired) electrons. The molecule has 4 rings (SSSR count). The van der Waals surface area contributed by atoms with Crippen molar-refractivity contribution in [1.29, 1.82) is 0 Å². The number of rotatable bonds is 3. The van der Waals surface area contributed by atoms with Crippen molar-refractivity contribution in [3.63, 3.8) is 0 Å². The van der Waals surface area contributed by atoms with Crippen molar-refractivity contribution in [2.75, 3.05) is 5.32 Å². The van der Waals surface area contributed by atoms with Gasteiger partial charge in [0.1, 0.15) is 0 Å². The van der Waals surface area contributed by atoms with Crippen molar-refractivity contribution in [3.05, 3.63) is 57.1 Å². The molecule has 0 unspecified atom stereocenters.